The van der Waals surface area contributed by atoms with Gasteiger partial charge in [-0.15, -0.1) is 0 Å². The van der Waals surface area contributed by atoms with Gasteiger partial charge in [-0.1, -0.05) is 11.2 Å². The van der Waals surface area contributed by atoms with E-state index in [0.29, 0.717) is 48.9 Å². The van der Waals surface area contributed by atoms with E-state index in [-0.39, 0.29) is 11.7 Å². The zero-order valence-corrected chi connectivity index (χ0v) is 16.5. The molecule has 2 aromatic heterocycles. The van der Waals surface area contributed by atoms with Crippen LogP contribution in [0.15, 0.2) is 47.1 Å². The summed E-state index contributed by atoms with van der Waals surface area (Å²) in [4.78, 5) is 24.1. The molecule has 1 aliphatic heterocycles. The first-order chi connectivity index (χ1) is 14.8. The molecule has 1 amide bonds. The lowest BCUT2D eigenvalue weighted by Gasteiger charge is -2.35. The van der Waals surface area contributed by atoms with E-state index in [1.807, 2.05) is 4.90 Å². The summed E-state index contributed by atoms with van der Waals surface area (Å²) in [6, 6.07) is 10.3. The van der Waals surface area contributed by atoms with Crippen LogP contribution in [0.25, 0.3) is 11.4 Å². The van der Waals surface area contributed by atoms with E-state index in [9.17, 15) is 18.0 Å². The van der Waals surface area contributed by atoms with Gasteiger partial charge in [-0.3, -0.25) is 4.79 Å². The van der Waals surface area contributed by atoms with Crippen molar-refractivity contribution in [1.82, 2.24) is 20.0 Å². The normalized spacial score (nSPS) is 14.6. The first-order valence-corrected chi connectivity index (χ1v) is 9.41. The monoisotopic (exact) mass is 433 g/mol. The third kappa shape index (κ3) is 4.44. The molecule has 162 valence electrons. The summed E-state index contributed by atoms with van der Waals surface area (Å²) in [6.07, 6.45) is -3.30. The molecular formula is C20H18F3N5O3. The molecule has 0 bridgehead atoms. The molecule has 1 aromatic carbocycles. The van der Waals surface area contributed by atoms with Gasteiger partial charge in [0, 0.05) is 43.5 Å². The lowest BCUT2D eigenvalue weighted by atomic mass is 10.1. The molecule has 1 fully saturated rings. The number of methoxy groups -OCH3 is 1. The number of carbonyl (C=O) groups excluding carboxylic acids is 1. The number of halogens is 3. The quantitative estimate of drug-likeness (QED) is 0.625. The van der Waals surface area contributed by atoms with Gasteiger partial charge in [0.25, 0.3) is 5.91 Å². The van der Waals surface area contributed by atoms with Crippen LogP contribution < -0.4 is 9.64 Å². The molecule has 3 heterocycles. The average Bonchev–Trinajstić information content (AvgIpc) is 3.30. The number of carbonyl (C=O) groups is 1. The molecule has 4 rings (SSSR count). The summed E-state index contributed by atoms with van der Waals surface area (Å²) >= 11 is 0. The maximum absolute atomic E-state index is 12.7. The van der Waals surface area contributed by atoms with Crippen molar-refractivity contribution in [2.45, 2.75) is 6.18 Å². The van der Waals surface area contributed by atoms with Gasteiger partial charge >= 0.3 is 12.1 Å². The van der Waals surface area contributed by atoms with Gasteiger partial charge in [-0.05, 0) is 30.3 Å². The number of hydrogen-bond acceptors (Lipinski definition) is 7. The SMILES string of the molecule is COc1cccc(C(=O)N2CCN(c3ccc(-c4noc(C(F)(F)F)n4)cn3)CC2)c1. The van der Waals surface area contributed by atoms with Crippen molar-refractivity contribution >= 4 is 11.7 Å². The molecular weight excluding hydrogens is 415 g/mol. The summed E-state index contributed by atoms with van der Waals surface area (Å²) in [5, 5.41) is 3.35. The van der Waals surface area contributed by atoms with Crippen molar-refractivity contribution in [3.63, 3.8) is 0 Å². The fraction of sp³-hybridized carbons (Fsp3) is 0.300. The second-order valence-corrected chi connectivity index (χ2v) is 6.84. The van der Waals surface area contributed by atoms with Crippen LogP contribution in [0.5, 0.6) is 5.75 Å². The Balaban J connectivity index is 1.39. The molecule has 1 aliphatic rings. The van der Waals surface area contributed by atoms with Gasteiger partial charge in [0.15, 0.2) is 0 Å². The van der Waals surface area contributed by atoms with Gasteiger partial charge in [0.05, 0.1) is 7.11 Å². The first-order valence-electron chi connectivity index (χ1n) is 9.41. The van der Waals surface area contributed by atoms with Crippen LogP contribution in [0.4, 0.5) is 19.0 Å². The van der Waals surface area contributed by atoms with Crippen molar-refractivity contribution in [3.8, 4) is 17.1 Å². The zero-order chi connectivity index (χ0) is 22.0. The number of pyridine rings is 1. The third-order valence-electron chi connectivity index (χ3n) is 4.88. The number of hydrogen-bond donors (Lipinski definition) is 0. The highest BCUT2D eigenvalue weighted by Crippen LogP contribution is 2.29. The zero-order valence-electron chi connectivity index (χ0n) is 16.5. The Labute approximate surface area is 175 Å². The number of aromatic nitrogens is 3. The smallest absolute Gasteiger partial charge is 0.471 e. The van der Waals surface area contributed by atoms with Gasteiger partial charge in [0.1, 0.15) is 11.6 Å². The molecule has 0 N–H and O–H groups in total. The van der Waals surface area contributed by atoms with Gasteiger partial charge in [0.2, 0.25) is 5.82 Å². The molecule has 0 saturated carbocycles. The lowest BCUT2D eigenvalue weighted by molar-refractivity contribution is -0.159. The maximum atomic E-state index is 12.7. The summed E-state index contributed by atoms with van der Waals surface area (Å²) in [5.41, 5.74) is 0.878. The molecule has 0 aliphatic carbocycles. The predicted molar refractivity (Wildman–Crippen MR) is 104 cm³/mol. The number of anilines is 1. The van der Waals surface area contributed by atoms with Crippen LogP contribution in [-0.2, 0) is 6.18 Å². The van der Waals surface area contributed by atoms with Crippen LogP contribution in [-0.4, -0.2) is 59.2 Å². The third-order valence-corrected chi connectivity index (χ3v) is 4.88. The Kier molecular flexibility index (Phi) is 5.49. The minimum atomic E-state index is -4.69. The molecule has 0 spiro atoms. The van der Waals surface area contributed by atoms with Gasteiger partial charge in [-0.25, -0.2) is 4.98 Å². The van der Waals surface area contributed by atoms with E-state index in [2.05, 4.69) is 19.6 Å². The Morgan fingerprint density at radius 3 is 2.52 bits per heavy atom. The minimum Gasteiger partial charge on any atom is -0.497 e. The molecule has 0 atom stereocenters. The van der Waals surface area contributed by atoms with E-state index in [0.717, 1.165) is 0 Å². The van der Waals surface area contributed by atoms with Crippen molar-refractivity contribution in [2.24, 2.45) is 0 Å². The highest BCUT2D eigenvalue weighted by atomic mass is 19.4. The van der Waals surface area contributed by atoms with Gasteiger partial charge < -0.3 is 19.1 Å². The maximum Gasteiger partial charge on any atom is 0.471 e. The molecule has 31 heavy (non-hydrogen) atoms. The van der Waals surface area contributed by atoms with Crippen molar-refractivity contribution < 1.29 is 27.2 Å². The topological polar surface area (TPSA) is 84.6 Å². The Morgan fingerprint density at radius 2 is 1.90 bits per heavy atom. The Bertz CT molecular complexity index is 1060. The van der Waals surface area contributed by atoms with Crippen LogP contribution in [0.1, 0.15) is 16.2 Å². The minimum absolute atomic E-state index is 0.0700. The van der Waals surface area contributed by atoms with E-state index in [1.165, 1.54) is 6.20 Å². The number of benzene rings is 1. The molecule has 1 saturated heterocycles. The van der Waals surface area contributed by atoms with Gasteiger partial charge in [-0.2, -0.15) is 18.2 Å². The van der Waals surface area contributed by atoms with Crippen molar-refractivity contribution in [2.75, 3.05) is 38.2 Å². The second kappa shape index (κ2) is 8.25. The molecule has 3 aromatic rings. The summed E-state index contributed by atoms with van der Waals surface area (Å²) in [7, 11) is 1.55. The molecule has 11 heteroatoms. The lowest BCUT2D eigenvalue weighted by Crippen LogP contribution is -2.49. The van der Waals surface area contributed by atoms with E-state index in [4.69, 9.17) is 4.74 Å². The van der Waals surface area contributed by atoms with E-state index < -0.39 is 12.1 Å². The highest BCUT2D eigenvalue weighted by Gasteiger charge is 2.38. The van der Waals surface area contributed by atoms with Crippen LogP contribution in [0.2, 0.25) is 0 Å². The fourth-order valence-corrected chi connectivity index (χ4v) is 3.24. The van der Waals surface area contributed by atoms with Crippen molar-refractivity contribution in [3.05, 3.63) is 54.0 Å². The Morgan fingerprint density at radius 1 is 1.13 bits per heavy atom. The molecule has 0 unspecified atom stereocenters. The van der Waals surface area contributed by atoms with Crippen LogP contribution in [0.3, 0.4) is 0 Å². The standard InChI is InChI=1S/C20H18F3N5O3/c1-30-15-4-2-3-13(11-15)18(29)28-9-7-27(8-10-28)16-6-5-14(12-24-16)17-25-19(31-26-17)20(21,22)23/h2-6,11-12H,7-10H2,1H3. The number of ether oxygens (including phenoxy) is 1. The molecule has 8 nitrogen and oxygen atoms in total. The number of nitrogens with zero attached hydrogens (tertiary/aromatic N) is 5. The molecule has 0 radical (unpaired) electrons. The summed E-state index contributed by atoms with van der Waals surface area (Å²) in [6.45, 7) is 2.17. The number of piperazine rings is 1. The van der Waals surface area contributed by atoms with Crippen LogP contribution in [0, 0.1) is 0 Å². The van der Waals surface area contributed by atoms with E-state index >= 15 is 0 Å². The average molecular weight is 433 g/mol. The predicted octanol–water partition coefficient (Wildman–Crippen LogP) is 3.12. The second-order valence-electron chi connectivity index (χ2n) is 6.84. The van der Waals surface area contributed by atoms with E-state index in [1.54, 1.807) is 48.4 Å². The first kappa shape index (κ1) is 20.6. The van der Waals surface area contributed by atoms with Crippen molar-refractivity contribution in [1.29, 1.82) is 0 Å². The summed E-state index contributed by atoms with van der Waals surface area (Å²) in [5.74, 6) is -0.377. The number of amides is 1. The number of rotatable bonds is 4. The largest absolute Gasteiger partial charge is 0.497 e. The fourth-order valence-electron chi connectivity index (χ4n) is 3.24. The highest BCUT2D eigenvalue weighted by molar-refractivity contribution is 5.94. The Hall–Kier alpha value is -3.63. The summed E-state index contributed by atoms with van der Waals surface area (Å²) < 4.78 is 47.2. The number of alkyl halides is 3. The van der Waals surface area contributed by atoms with Crippen LogP contribution >= 0.6 is 0 Å².